The largest absolute Gasteiger partial charge is 0.591 e. The van der Waals surface area contributed by atoms with Crippen LogP contribution in [-0.4, -0.2) is 31.8 Å². The quantitative estimate of drug-likeness (QED) is 0.515. The Morgan fingerprint density at radius 2 is 1.90 bits per heavy atom. The van der Waals surface area contributed by atoms with Gasteiger partial charge in [-0.1, -0.05) is 23.5 Å². The zero-order chi connectivity index (χ0) is 15.3. The van der Waals surface area contributed by atoms with E-state index in [1.807, 2.05) is 12.1 Å². The Balaban J connectivity index is 3.08. The highest BCUT2D eigenvalue weighted by Gasteiger charge is 2.29. The molecule has 0 aliphatic heterocycles. The molecule has 0 heterocycles. The maximum Gasteiger partial charge on any atom is 0.359 e. The highest BCUT2D eigenvalue weighted by atomic mass is 32.2. The normalized spacial score (nSPS) is 14.2. The number of nitrogens with zero attached hydrogens (tertiary/aromatic N) is 1. The van der Waals surface area contributed by atoms with Gasteiger partial charge in [-0.3, -0.25) is 0 Å². The molecule has 0 aromatic heterocycles. The topological polar surface area (TPSA) is 72.7 Å². The van der Waals surface area contributed by atoms with Crippen LogP contribution < -0.4 is 0 Å². The molecule has 0 amide bonds. The Kier molecular flexibility index (Phi) is 6.10. The molecule has 0 bridgehead atoms. The van der Waals surface area contributed by atoms with Gasteiger partial charge in [-0.2, -0.15) is 0 Å². The van der Waals surface area contributed by atoms with Crippen LogP contribution in [0.25, 0.3) is 0 Å². The van der Waals surface area contributed by atoms with Crippen LogP contribution in [0, 0.1) is 0 Å². The van der Waals surface area contributed by atoms with Crippen molar-refractivity contribution in [3.63, 3.8) is 0 Å². The van der Waals surface area contributed by atoms with Gasteiger partial charge in [0.05, 0.1) is 0 Å². The van der Waals surface area contributed by atoms with Crippen molar-refractivity contribution in [2.75, 3.05) is 5.75 Å². The second kappa shape index (κ2) is 7.15. The van der Waals surface area contributed by atoms with Gasteiger partial charge in [0, 0.05) is 10.5 Å². The summed E-state index contributed by atoms with van der Waals surface area (Å²) in [4.78, 5) is 12.4. The predicted molar refractivity (Wildman–Crippen MR) is 84.9 cm³/mol. The summed E-state index contributed by atoms with van der Waals surface area (Å²) in [6, 6.07) is 7.10. The summed E-state index contributed by atoms with van der Waals surface area (Å²) in [5.74, 6) is -0.216. The van der Waals surface area contributed by atoms with Gasteiger partial charge < -0.3 is 9.66 Å². The highest BCUT2D eigenvalue weighted by Crippen LogP contribution is 2.21. The van der Waals surface area contributed by atoms with Crippen molar-refractivity contribution < 1.29 is 14.5 Å². The standard InChI is InChI=1S/C14H19NO3S2/c1-5-19-11-8-6-10(7-9-11)12(13(16)17)15-20(18)14(2,3)4/h6-9H,5H2,1-4H3,(H,16,17)/b15-12+/t20-/m1/s1. The third kappa shape index (κ3) is 4.85. The first-order valence-corrected chi connectivity index (χ1v) is 8.32. The second-order valence-corrected chi connectivity index (χ2v) is 8.31. The number of hydrogen-bond acceptors (Lipinski definition) is 4. The molecule has 0 radical (unpaired) electrons. The fourth-order valence-electron chi connectivity index (χ4n) is 1.31. The van der Waals surface area contributed by atoms with E-state index in [0.29, 0.717) is 5.56 Å². The van der Waals surface area contributed by atoms with E-state index in [1.165, 1.54) is 0 Å². The molecule has 0 unspecified atom stereocenters. The van der Waals surface area contributed by atoms with Gasteiger partial charge in [-0.15, -0.1) is 11.8 Å². The maximum atomic E-state index is 12.0. The SMILES string of the molecule is CCSc1ccc(/C(=N\[S@+]([O-])C(C)(C)C)C(=O)O)cc1. The summed E-state index contributed by atoms with van der Waals surface area (Å²) < 4.78 is 15.3. The molecule has 1 atom stereocenters. The fraction of sp³-hybridized carbons (Fsp3) is 0.429. The molecule has 0 aliphatic rings. The van der Waals surface area contributed by atoms with Crippen molar-refractivity contribution >= 4 is 34.8 Å². The Bertz CT molecular complexity index is 492. The number of rotatable bonds is 5. The lowest BCUT2D eigenvalue weighted by atomic mass is 10.1. The van der Waals surface area contributed by atoms with Crippen LogP contribution in [0.4, 0.5) is 0 Å². The average molecular weight is 313 g/mol. The van der Waals surface area contributed by atoms with E-state index in [4.69, 9.17) is 0 Å². The number of benzene rings is 1. The van der Waals surface area contributed by atoms with E-state index < -0.39 is 22.1 Å². The molecule has 1 aromatic carbocycles. The van der Waals surface area contributed by atoms with Crippen LogP contribution in [0.15, 0.2) is 33.6 Å². The van der Waals surface area contributed by atoms with Gasteiger partial charge in [0.25, 0.3) is 0 Å². The molecule has 1 N–H and O–H groups in total. The summed E-state index contributed by atoms with van der Waals surface area (Å²) in [5.41, 5.74) is 0.307. The minimum absolute atomic E-state index is 0.161. The zero-order valence-electron chi connectivity index (χ0n) is 12.0. The minimum atomic E-state index is -1.60. The molecular formula is C14H19NO3S2. The summed E-state index contributed by atoms with van der Waals surface area (Å²) in [7, 11) is 0. The van der Waals surface area contributed by atoms with E-state index in [2.05, 4.69) is 11.3 Å². The summed E-state index contributed by atoms with van der Waals surface area (Å²) in [6.07, 6.45) is 0. The first-order valence-electron chi connectivity index (χ1n) is 6.23. The van der Waals surface area contributed by atoms with Gasteiger partial charge in [-0.25, -0.2) is 4.79 Å². The highest BCUT2D eigenvalue weighted by molar-refractivity contribution is 7.99. The van der Waals surface area contributed by atoms with Gasteiger partial charge >= 0.3 is 5.97 Å². The Morgan fingerprint density at radius 1 is 1.35 bits per heavy atom. The second-order valence-electron chi connectivity index (χ2n) is 5.06. The van der Waals surface area contributed by atoms with Gasteiger partial charge in [0.1, 0.15) is 16.1 Å². The van der Waals surface area contributed by atoms with Gasteiger partial charge in [0.15, 0.2) is 0 Å². The third-order valence-electron chi connectivity index (χ3n) is 2.34. The van der Waals surface area contributed by atoms with Crippen molar-refractivity contribution in [2.45, 2.75) is 37.3 Å². The van der Waals surface area contributed by atoms with E-state index in [0.717, 1.165) is 10.6 Å². The van der Waals surface area contributed by atoms with Crippen LogP contribution in [-0.2, 0) is 16.2 Å². The molecular weight excluding hydrogens is 294 g/mol. The Hall–Kier alpha value is -0.980. The van der Waals surface area contributed by atoms with Crippen molar-refractivity contribution in [1.82, 2.24) is 0 Å². The van der Waals surface area contributed by atoms with E-state index >= 15 is 0 Å². The first-order chi connectivity index (χ1) is 9.25. The van der Waals surface area contributed by atoms with E-state index in [-0.39, 0.29) is 5.71 Å². The van der Waals surface area contributed by atoms with E-state index in [1.54, 1.807) is 44.7 Å². The molecule has 0 aliphatic carbocycles. The van der Waals surface area contributed by atoms with Crippen LogP contribution in [0.2, 0.25) is 0 Å². The number of carbonyl (C=O) groups is 1. The number of hydrogen-bond donors (Lipinski definition) is 1. The lowest BCUT2D eigenvalue weighted by Gasteiger charge is -2.18. The molecule has 0 saturated carbocycles. The van der Waals surface area contributed by atoms with Crippen molar-refractivity contribution in [2.24, 2.45) is 4.40 Å². The van der Waals surface area contributed by atoms with Crippen LogP contribution >= 0.6 is 11.8 Å². The first kappa shape index (κ1) is 17.1. The van der Waals surface area contributed by atoms with Crippen molar-refractivity contribution in [3.8, 4) is 0 Å². The number of aliphatic carboxylic acids is 1. The summed E-state index contributed by atoms with van der Waals surface area (Å²) in [6.45, 7) is 7.32. The van der Waals surface area contributed by atoms with E-state index in [9.17, 15) is 14.5 Å². The zero-order valence-corrected chi connectivity index (χ0v) is 13.7. The summed E-state index contributed by atoms with van der Waals surface area (Å²) in [5, 5.41) is 9.24. The molecule has 4 nitrogen and oxygen atoms in total. The fourth-order valence-corrected chi connectivity index (χ4v) is 2.60. The number of thioether (sulfide) groups is 1. The molecule has 0 fully saturated rings. The van der Waals surface area contributed by atoms with Gasteiger partial charge in [-0.05, 0) is 38.7 Å². The van der Waals surface area contributed by atoms with Crippen LogP contribution in [0.1, 0.15) is 33.3 Å². The van der Waals surface area contributed by atoms with Crippen LogP contribution in [0.3, 0.4) is 0 Å². The van der Waals surface area contributed by atoms with Gasteiger partial charge in [0.2, 0.25) is 5.71 Å². The molecule has 1 aromatic rings. The number of carboxylic acids is 1. The molecule has 1 rings (SSSR count). The van der Waals surface area contributed by atoms with Crippen LogP contribution in [0.5, 0.6) is 0 Å². The lowest BCUT2D eigenvalue weighted by molar-refractivity contribution is -0.129. The summed E-state index contributed by atoms with van der Waals surface area (Å²) >= 11 is 0.0797. The molecule has 6 heteroatoms. The van der Waals surface area contributed by atoms with Crippen molar-refractivity contribution in [1.29, 1.82) is 0 Å². The Labute approximate surface area is 127 Å². The maximum absolute atomic E-state index is 12.0. The Morgan fingerprint density at radius 3 is 2.30 bits per heavy atom. The molecule has 0 saturated heterocycles. The third-order valence-corrected chi connectivity index (χ3v) is 4.63. The number of carboxylic acid groups (broad SMARTS) is 1. The lowest BCUT2D eigenvalue weighted by Crippen LogP contribution is -2.28. The molecule has 0 spiro atoms. The monoisotopic (exact) mass is 313 g/mol. The molecule has 110 valence electrons. The minimum Gasteiger partial charge on any atom is -0.591 e. The smallest absolute Gasteiger partial charge is 0.359 e. The molecule has 20 heavy (non-hydrogen) atoms. The van der Waals surface area contributed by atoms with Crippen molar-refractivity contribution in [3.05, 3.63) is 29.8 Å². The predicted octanol–water partition coefficient (Wildman–Crippen LogP) is 3.13. The average Bonchev–Trinajstić information content (AvgIpc) is 2.35.